The molecule has 10 heteroatoms. The number of amides is 2. The SMILES string of the molecule is CCC/C=N\C(=NC)N(CCC)CCC(C)CC.CCCN1C(=O)c2ccccc2C1=O.Cc1ccc(OC(F)(F)F)cc1. The predicted molar refractivity (Wildman–Crippen MR) is 173 cm³/mol. The van der Waals surface area contributed by atoms with Crippen LogP contribution in [0.4, 0.5) is 13.2 Å². The van der Waals surface area contributed by atoms with Gasteiger partial charge < -0.3 is 9.64 Å². The summed E-state index contributed by atoms with van der Waals surface area (Å²) in [6.07, 6.45) is 3.97. The van der Waals surface area contributed by atoms with E-state index in [1.54, 1.807) is 43.3 Å². The van der Waals surface area contributed by atoms with Crippen molar-refractivity contribution in [3.63, 3.8) is 0 Å². The van der Waals surface area contributed by atoms with E-state index < -0.39 is 6.36 Å². The second-order valence-electron chi connectivity index (χ2n) is 10.6. The number of aliphatic imine (C=N–C) groups is 2. The lowest BCUT2D eigenvalue weighted by Crippen LogP contribution is -2.32. The Kier molecular flexibility index (Phi) is 17.7. The summed E-state index contributed by atoms with van der Waals surface area (Å²) in [5.74, 6) is 1.17. The number of carbonyl (C=O) groups is 2. The second-order valence-corrected chi connectivity index (χ2v) is 10.6. The number of hydrogen-bond donors (Lipinski definition) is 0. The molecule has 0 aliphatic carbocycles. The highest BCUT2D eigenvalue weighted by molar-refractivity contribution is 6.21. The first-order valence-corrected chi connectivity index (χ1v) is 15.4. The summed E-state index contributed by atoms with van der Waals surface area (Å²) >= 11 is 0. The second kappa shape index (κ2) is 20.3. The van der Waals surface area contributed by atoms with Crippen LogP contribution in [0.25, 0.3) is 0 Å². The summed E-state index contributed by atoms with van der Waals surface area (Å²) in [5, 5.41) is 0. The molecule has 0 saturated heterocycles. The molecule has 0 aromatic heterocycles. The number of aryl methyl sites for hydroxylation is 1. The van der Waals surface area contributed by atoms with Gasteiger partial charge in [-0.2, -0.15) is 0 Å². The van der Waals surface area contributed by atoms with E-state index in [1.165, 1.54) is 29.9 Å². The van der Waals surface area contributed by atoms with Gasteiger partial charge in [-0.15, -0.1) is 13.2 Å². The molecule has 0 N–H and O–H groups in total. The van der Waals surface area contributed by atoms with Crippen LogP contribution in [0.5, 0.6) is 5.75 Å². The van der Waals surface area contributed by atoms with E-state index in [0.717, 1.165) is 56.2 Å². The lowest BCUT2D eigenvalue weighted by Gasteiger charge is -2.24. The molecule has 244 valence electrons. The third kappa shape index (κ3) is 13.7. The highest BCUT2D eigenvalue weighted by Crippen LogP contribution is 2.23. The van der Waals surface area contributed by atoms with Crippen molar-refractivity contribution in [2.24, 2.45) is 15.9 Å². The van der Waals surface area contributed by atoms with E-state index in [9.17, 15) is 22.8 Å². The molecule has 2 aromatic rings. The molecule has 1 aliphatic rings. The molecule has 0 radical (unpaired) electrons. The standard InChI is InChI=1S/C15H31N3.C11H11NO2.C8H7F3O/c1-6-9-11-17-15(16-5)18(12-7-2)13-10-14(4)8-3;1-2-7-12-10(13)8-5-3-4-6-9(8)11(12)14;1-6-2-4-7(5-3-6)12-8(9,10)11/h11,14H,6-10,12-13H2,1-5H3;3-6H,2,7H2,1H3;2-5H,1H3/b16-15?,17-11-;;. The maximum Gasteiger partial charge on any atom is 0.573 e. The zero-order chi connectivity index (χ0) is 33.1. The first-order chi connectivity index (χ1) is 20.9. The number of rotatable bonds is 11. The third-order valence-corrected chi connectivity index (χ3v) is 6.77. The maximum absolute atomic E-state index is 11.7. The van der Waals surface area contributed by atoms with Crippen molar-refractivity contribution in [1.82, 2.24) is 9.80 Å². The van der Waals surface area contributed by atoms with E-state index in [2.05, 4.69) is 47.3 Å². The molecule has 0 bridgehead atoms. The predicted octanol–water partition coefficient (Wildman–Crippen LogP) is 8.58. The minimum absolute atomic E-state index is 0.160. The summed E-state index contributed by atoms with van der Waals surface area (Å²) in [6.45, 7) is 15.3. The average Bonchev–Trinajstić information content (AvgIpc) is 3.24. The fourth-order valence-electron chi connectivity index (χ4n) is 4.12. The minimum Gasteiger partial charge on any atom is -0.406 e. The molecule has 44 heavy (non-hydrogen) atoms. The van der Waals surface area contributed by atoms with Gasteiger partial charge in [0.15, 0.2) is 0 Å². The van der Waals surface area contributed by atoms with Gasteiger partial charge >= 0.3 is 6.36 Å². The van der Waals surface area contributed by atoms with Gasteiger partial charge in [-0.05, 0) is 62.8 Å². The van der Waals surface area contributed by atoms with Gasteiger partial charge in [-0.25, -0.2) is 4.99 Å². The number of guanidine groups is 1. The van der Waals surface area contributed by atoms with Gasteiger partial charge in [-0.1, -0.05) is 77.3 Å². The molecule has 7 nitrogen and oxygen atoms in total. The van der Waals surface area contributed by atoms with Crippen molar-refractivity contribution >= 4 is 24.0 Å². The minimum atomic E-state index is -4.60. The van der Waals surface area contributed by atoms with Crippen LogP contribution in [0.3, 0.4) is 0 Å². The molecule has 3 rings (SSSR count). The van der Waals surface area contributed by atoms with E-state index >= 15 is 0 Å². The highest BCUT2D eigenvalue weighted by atomic mass is 19.4. The van der Waals surface area contributed by atoms with Gasteiger partial charge in [0.1, 0.15) is 5.75 Å². The average molecular weight is 619 g/mol. The summed E-state index contributed by atoms with van der Waals surface area (Å²) in [6, 6.07) is 12.6. The van der Waals surface area contributed by atoms with Crippen molar-refractivity contribution in [2.45, 2.75) is 86.4 Å². The smallest absolute Gasteiger partial charge is 0.406 e. The van der Waals surface area contributed by atoms with Crippen LogP contribution in [-0.2, 0) is 0 Å². The van der Waals surface area contributed by atoms with E-state index in [0.29, 0.717) is 17.7 Å². The first-order valence-electron chi connectivity index (χ1n) is 15.4. The molecule has 1 atom stereocenters. The molecule has 2 amide bonds. The van der Waals surface area contributed by atoms with Crippen LogP contribution in [0.15, 0.2) is 58.5 Å². The highest BCUT2D eigenvalue weighted by Gasteiger charge is 2.34. The number of ether oxygens (including phenoxy) is 1. The molecule has 1 heterocycles. The van der Waals surface area contributed by atoms with Crippen molar-refractivity contribution in [2.75, 3.05) is 26.7 Å². The molecule has 0 fully saturated rings. The Balaban J connectivity index is 0.000000336. The van der Waals surface area contributed by atoms with Crippen LogP contribution >= 0.6 is 0 Å². The largest absolute Gasteiger partial charge is 0.573 e. The van der Waals surface area contributed by atoms with Crippen LogP contribution < -0.4 is 4.74 Å². The van der Waals surface area contributed by atoms with Crippen molar-refractivity contribution in [1.29, 1.82) is 0 Å². The zero-order valence-corrected chi connectivity index (χ0v) is 27.3. The van der Waals surface area contributed by atoms with Gasteiger partial charge in [0.25, 0.3) is 11.8 Å². The fraction of sp³-hybridized carbons (Fsp3) is 0.529. The van der Waals surface area contributed by atoms with E-state index in [-0.39, 0.29) is 17.6 Å². The van der Waals surface area contributed by atoms with Crippen molar-refractivity contribution in [3.05, 3.63) is 65.2 Å². The summed E-state index contributed by atoms with van der Waals surface area (Å²) in [5.41, 5.74) is 1.96. The Bertz CT molecular complexity index is 1160. The lowest BCUT2D eigenvalue weighted by molar-refractivity contribution is -0.274. The molecular weight excluding hydrogens is 569 g/mol. The van der Waals surface area contributed by atoms with Crippen LogP contribution in [0, 0.1) is 12.8 Å². The van der Waals surface area contributed by atoms with Gasteiger partial charge in [0.2, 0.25) is 5.96 Å². The first kappa shape index (κ1) is 38.3. The number of unbranched alkanes of at least 4 members (excludes halogenated alkanes) is 1. The van der Waals surface area contributed by atoms with Gasteiger partial charge in [0, 0.05) is 32.9 Å². The lowest BCUT2D eigenvalue weighted by atomic mass is 10.1. The van der Waals surface area contributed by atoms with Gasteiger partial charge in [0.05, 0.1) is 11.1 Å². The summed E-state index contributed by atoms with van der Waals surface area (Å²) < 4.78 is 38.5. The molecule has 1 unspecified atom stereocenters. The molecule has 0 spiro atoms. The van der Waals surface area contributed by atoms with Crippen molar-refractivity contribution in [3.8, 4) is 5.75 Å². The fourth-order valence-corrected chi connectivity index (χ4v) is 4.12. The zero-order valence-electron chi connectivity index (χ0n) is 27.3. The summed E-state index contributed by atoms with van der Waals surface area (Å²) in [7, 11) is 1.84. The molecule has 1 aliphatic heterocycles. The Hall–Kier alpha value is -3.69. The Morgan fingerprint density at radius 1 is 0.932 bits per heavy atom. The topological polar surface area (TPSA) is 74.6 Å². The van der Waals surface area contributed by atoms with Crippen LogP contribution in [0.1, 0.15) is 99.4 Å². The normalized spacial score (nSPS) is 13.6. The number of hydrogen-bond acceptors (Lipinski definition) is 4. The molecular formula is C34H49F3N4O3. The number of carbonyl (C=O) groups excluding carboxylic acids is 2. The quantitative estimate of drug-likeness (QED) is 0.144. The maximum atomic E-state index is 11.7. The van der Waals surface area contributed by atoms with Crippen LogP contribution in [-0.4, -0.2) is 66.8 Å². The Morgan fingerprint density at radius 3 is 1.98 bits per heavy atom. The molecule has 2 aromatic carbocycles. The Labute approximate surface area is 261 Å². The van der Waals surface area contributed by atoms with E-state index in [4.69, 9.17) is 0 Å². The number of fused-ring (bicyclic) bond motifs is 1. The number of imide groups is 1. The third-order valence-electron chi connectivity index (χ3n) is 6.77. The van der Waals surface area contributed by atoms with Crippen LogP contribution in [0.2, 0.25) is 0 Å². The number of benzene rings is 2. The number of alkyl halides is 3. The number of nitrogens with zero attached hydrogens (tertiary/aromatic N) is 4. The summed E-state index contributed by atoms with van der Waals surface area (Å²) in [4.78, 5) is 35.9. The number of halogens is 3. The van der Waals surface area contributed by atoms with E-state index in [1.807, 2.05) is 20.2 Å². The monoisotopic (exact) mass is 618 g/mol. The van der Waals surface area contributed by atoms with Crippen molar-refractivity contribution < 1.29 is 27.5 Å². The molecule has 0 saturated carbocycles. The van der Waals surface area contributed by atoms with Gasteiger partial charge in [-0.3, -0.25) is 19.5 Å². The Morgan fingerprint density at radius 2 is 1.52 bits per heavy atom.